The van der Waals surface area contributed by atoms with Gasteiger partial charge in [-0.1, -0.05) is 0 Å². The van der Waals surface area contributed by atoms with E-state index in [1.165, 1.54) is 0 Å². The Morgan fingerprint density at radius 3 is 2.04 bits per heavy atom. The van der Waals surface area contributed by atoms with E-state index in [0.29, 0.717) is 13.1 Å². The van der Waals surface area contributed by atoms with Crippen molar-refractivity contribution in [3.63, 3.8) is 0 Å². The van der Waals surface area contributed by atoms with Crippen LogP contribution in [0.15, 0.2) is 12.3 Å². The topological polar surface area (TPSA) is 39.9 Å². The Balaban J connectivity index is 3.46. The van der Waals surface area contributed by atoms with Gasteiger partial charge in [-0.05, 0) is 13.0 Å². The van der Waals surface area contributed by atoms with Gasteiger partial charge >= 0.3 is 18.5 Å². The number of nitrogens with zero attached hydrogens (tertiary/aromatic N) is 3. The number of alkyl halides is 9. The van der Waals surface area contributed by atoms with E-state index in [2.05, 4.69) is 4.98 Å². The molecule has 1 aromatic heterocycles. The van der Waals surface area contributed by atoms with E-state index >= 15 is 0 Å². The van der Waals surface area contributed by atoms with E-state index in [1.807, 2.05) is 0 Å². The van der Waals surface area contributed by atoms with Crippen molar-refractivity contribution in [3.8, 4) is 6.07 Å². The van der Waals surface area contributed by atoms with Crippen molar-refractivity contribution in [2.24, 2.45) is 0 Å². The second kappa shape index (κ2) is 6.37. The molecule has 0 aliphatic carbocycles. The zero-order valence-electron chi connectivity index (χ0n) is 11.7. The molecule has 1 rings (SSSR count). The van der Waals surface area contributed by atoms with Gasteiger partial charge in [-0.2, -0.15) is 44.8 Å². The Morgan fingerprint density at radius 2 is 1.67 bits per heavy atom. The number of nitriles is 1. The number of rotatable bonds is 3. The molecule has 0 bridgehead atoms. The van der Waals surface area contributed by atoms with E-state index in [0.717, 1.165) is 6.07 Å². The molecule has 0 amide bonds. The average Bonchev–Trinajstić information content (AvgIpc) is 2.40. The van der Waals surface area contributed by atoms with Crippen molar-refractivity contribution in [1.29, 1.82) is 5.26 Å². The van der Waals surface area contributed by atoms with Crippen molar-refractivity contribution < 1.29 is 39.5 Å². The molecule has 134 valence electrons. The summed E-state index contributed by atoms with van der Waals surface area (Å²) in [6.45, 7) is -1.77. The zero-order valence-corrected chi connectivity index (χ0v) is 11.7. The van der Waals surface area contributed by atoms with Gasteiger partial charge < -0.3 is 4.90 Å². The largest absolute Gasteiger partial charge is 0.419 e. The molecule has 1 unspecified atom stereocenters. The molecule has 1 atom stereocenters. The first-order chi connectivity index (χ1) is 10.7. The number of halogens is 9. The lowest BCUT2D eigenvalue weighted by molar-refractivity contribution is -0.156. The lowest BCUT2D eigenvalue weighted by Gasteiger charge is -2.33. The van der Waals surface area contributed by atoms with Crippen LogP contribution in [-0.4, -0.2) is 29.9 Å². The third-order valence-corrected chi connectivity index (χ3v) is 2.91. The molecule has 0 spiro atoms. The number of hydrogen-bond donors (Lipinski definition) is 0. The maximum absolute atomic E-state index is 12.8. The van der Waals surface area contributed by atoms with E-state index in [9.17, 15) is 39.5 Å². The molecule has 12 heteroatoms. The molecular weight excluding hydrogens is 357 g/mol. The highest BCUT2D eigenvalue weighted by Gasteiger charge is 2.45. The highest BCUT2D eigenvalue weighted by molar-refractivity contribution is 5.52. The van der Waals surface area contributed by atoms with Crippen molar-refractivity contribution in [3.05, 3.63) is 23.5 Å². The van der Waals surface area contributed by atoms with Crippen molar-refractivity contribution >= 4 is 5.69 Å². The molecule has 0 N–H and O–H groups in total. The SMILES string of the molecule is CC(N(CC(F)(F)F)c1cnc(C#N)c(C(F)(F)F)c1)C(F)(F)F. The number of pyridine rings is 1. The van der Waals surface area contributed by atoms with Gasteiger partial charge in [-0.15, -0.1) is 0 Å². The second-order valence-corrected chi connectivity index (χ2v) is 4.66. The Bertz CT molecular complexity index is 625. The molecule has 0 radical (unpaired) electrons. The maximum Gasteiger partial charge on any atom is 0.419 e. The summed E-state index contributed by atoms with van der Waals surface area (Å²) in [5.41, 5.74) is -3.93. The minimum absolute atomic E-state index is 0.0412. The second-order valence-electron chi connectivity index (χ2n) is 4.66. The highest BCUT2D eigenvalue weighted by atomic mass is 19.4. The Labute approximate surface area is 129 Å². The van der Waals surface area contributed by atoms with Gasteiger partial charge in [-0.25, -0.2) is 4.98 Å². The molecule has 0 fully saturated rings. The lowest BCUT2D eigenvalue weighted by Crippen LogP contribution is -2.48. The molecule has 0 aliphatic heterocycles. The van der Waals surface area contributed by atoms with Crippen LogP contribution in [0.4, 0.5) is 45.2 Å². The number of hydrogen-bond acceptors (Lipinski definition) is 3. The normalized spacial score (nSPS) is 14.2. The Morgan fingerprint density at radius 1 is 1.12 bits per heavy atom. The van der Waals surface area contributed by atoms with E-state index in [4.69, 9.17) is 5.26 Å². The molecule has 3 nitrogen and oxygen atoms in total. The lowest BCUT2D eigenvalue weighted by atomic mass is 10.1. The minimum Gasteiger partial charge on any atom is -0.350 e. The summed E-state index contributed by atoms with van der Waals surface area (Å²) in [5, 5.41) is 8.55. The molecular formula is C12H8F9N3. The summed E-state index contributed by atoms with van der Waals surface area (Å²) in [5.74, 6) is 0. The van der Waals surface area contributed by atoms with Crippen molar-refractivity contribution in [2.75, 3.05) is 11.4 Å². The van der Waals surface area contributed by atoms with Crippen LogP contribution in [0.1, 0.15) is 18.2 Å². The fourth-order valence-electron chi connectivity index (χ4n) is 1.74. The zero-order chi connectivity index (χ0) is 18.9. The molecule has 0 aliphatic rings. The van der Waals surface area contributed by atoms with Crippen LogP contribution in [0.25, 0.3) is 0 Å². The van der Waals surface area contributed by atoms with Gasteiger partial charge in [0.2, 0.25) is 0 Å². The molecule has 0 aromatic carbocycles. The van der Waals surface area contributed by atoms with Gasteiger partial charge in [0.1, 0.15) is 18.7 Å². The van der Waals surface area contributed by atoms with Crippen LogP contribution in [0, 0.1) is 11.3 Å². The van der Waals surface area contributed by atoms with Gasteiger partial charge in [0, 0.05) is 0 Å². The van der Waals surface area contributed by atoms with E-state index in [1.54, 1.807) is 0 Å². The van der Waals surface area contributed by atoms with Gasteiger partial charge in [0.15, 0.2) is 5.69 Å². The van der Waals surface area contributed by atoms with E-state index in [-0.39, 0.29) is 11.0 Å². The fraction of sp³-hybridized carbons (Fsp3) is 0.500. The smallest absolute Gasteiger partial charge is 0.350 e. The van der Waals surface area contributed by atoms with Crippen LogP contribution >= 0.6 is 0 Å². The molecule has 0 saturated heterocycles. The van der Waals surface area contributed by atoms with Crippen LogP contribution < -0.4 is 4.90 Å². The Hall–Kier alpha value is -2.19. The number of anilines is 1. The first-order valence-corrected chi connectivity index (χ1v) is 6.04. The predicted molar refractivity (Wildman–Crippen MR) is 62.9 cm³/mol. The molecule has 1 heterocycles. The quantitative estimate of drug-likeness (QED) is 0.751. The van der Waals surface area contributed by atoms with Crippen LogP contribution in [0.5, 0.6) is 0 Å². The Kier molecular flexibility index (Phi) is 5.27. The summed E-state index contributed by atoms with van der Waals surface area (Å²) >= 11 is 0. The first-order valence-electron chi connectivity index (χ1n) is 6.04. The van der Waals surface area contributed by atoms with Gasteiger partial charge in [0.25, 0.3) is 0 Å². The summed E-state index contributed by atoms with van der Waals surface area (Å²) in [4.78, 5) is 2.72. The third kappa shape index (κ3) is 4.90. The minimum atomic E-state index is -5.17. The maximum atomic E-state index is 12.8. The summed E-state index contributed by atoms with van der Waals surface area (Å²) in [6, 6.07) is -1.60. The number of aromatic nitrogens is 1. The van der Waals surface area contributed by atoms with Crippen molar-refractivity contribution in [1.82, 2.24) is 4.98 Å². The average molecular weight is 365 g/mol. The molecule has 1 aromatic rings. The van der Waals surface area contributed by atoms with Crippen LogP contribution in [0.2, 0.25) is 0 Å². The molecule has 24 heavy (non-hydrogen) atoms. The first kappa shape index (κ1) is 19.9. The highest BCUT2D eigenvalue weighted by Crippen LogP contribution is 2.36. The van der Waals surface area contributed by atoms with Gasteiger partial charge in [-0.3, -0.25) is 0 Å². The van der Waals surface area contributed by atoms with Crippen LogP contribution in [-0.2, 0) is 6.18 Å². The van der Waals surface area contributed by atoms with E-state index < -0.39 is 48.1 Å². The third-order valence-electron chi connectivity index (χ3n) is 2.91. The summed E-state index contributed by atoms with van der Waals surface area (Å²) < 4.78 is 114. The molecule has 0 saturated carbocycles. The standard InChI is InChI=1S/C12H8F9N3/c1-6(11(16,17)18)24(5-10(13,14)15)7-2-8(12(19,20)21)9(3-22)23-4-7/h2,4,6H,5H2,1H3. The summed E-state index contributed by atoms with van der Waals surface area (Å²) in [6.07, 6.45) is -15.0. The van der Waals surface area contributed by atoms with Gasteiger partial charge in [0.05, 0.1) is 17.4 Å². The predicted octanol–water partition coefficient (Wildman–Crippen LogP) is 4.29. The van der Waals surface area contributed by atoms with Crippen molar-refractivity contribution in [2.45, 2.75) is 31.5 Å². The van der Waals surface area contributed by atoms with Crippen LogP contribution in [0.3, 0.4) is 0 Å². The summed E-state index contributed by atoms with van der Waals surface area (Å²) in [7, 11) is 0. The fourth-order valence-corrected chi connectivity index (χ4v) is 1.74. The monoisotopic (exact) mass is 365 g/mol.